The first-order chi connectivity index (χ1) is 10.8. The molecule has 1 N–H and O–H groups in total. The number of rotatable bonds is 4. The molecule has 22 heavy (non-hydrogen) atoms. The molecular weight excluding hydrogens is 280 g/mol. The minimum absolute atomic E-state index is 0.183. The van der Waals surface area contributed by atoms with Gasteiger partial charge in [-0.2, -0.15) is 5.26 Å². The molecular formula is C17H14N2O3. The molecule has 0 aliphatic carbocycles. The van der Waals surface area contributed by atoms with Gasteiger partial charge in [0, 0.05) is 12.1 Å². The molecule has 0 aromatic heterocycles. The van der Waals surface area contributed by atoms with Gasteiger partial charge in [-0.1, -0.05) is 12.1 Å². The highest BCUT2D eigenvalue weighted by Crippen LogP contribution is 2.32. The second kappa shape index (κ2) is 6.19. The number of amides is 1. The Labute approximate surface area is 128 Å². The van der Waals surface area contributed by atoms with Crippen LogP contribution >= 0.6 is 0 Å². The van der Waals surface area contributed by atoms with Crippen LogP contribution in [0.4, 0.5) is 0 Å². The number of nitrogens with zero attached hydrogens (tertiary/aromatic N) is 1. The molecule has 2 aromatic rings. The maximum atomic E-state index is 12.0. The highest BCUT2D eigenvalue weighted by Gasteiger charge is 2.13. The summed E-state index contributed by atoms with van der Waals surface area (Å²) in [4.78, 5) is 12.0. The quantitative estimate of drug-likeness (QED) is 0.939. The van der Waals surface area contributed by atoms with E-state index in [1.807, 2.05) is 24.3 Å². The molecule has 1 aliphatic heterocycles. The number of nitrogens with one attached hydrogen (secondary N) is 1. The predicted molar refractivity (Wildman–Crippen MR) is 79.8 cm³/mol. The highest BCUT2D eigenvalue weighted by molar-refractivity contribution is 5.94. The van der Waals surface area contributed by atoms with Gasteiger partial charge in [0.25, 0.3) is 5.91 Å². The van der Waals surface area contributed by atoms with Crippen LogP contribution in [0.5, 0.6) is 11.5 Å². The van der Waals surface area contributed by atoms with Gasteiger partial charge in [0.05, 0.1) is 11.6 Å². The minimum atomic E-state index is -0.183. The molecule has 0 atom stereocenters. The molecule has 0 saturated heterocycles. The zero-order valence-corrected chi connectivity index (χ0v) is 11.8. The first kappa shape index (κ1) is 14.0. The van der Waals surface area contributed by atoms with Crippen molar-refractivity contribution < 1.29 is 14.3 Å². The van der Waals surface area contributed by atoms with E-state index in [4.69, 9.17) is 14.7 Å². The Morgan fingerprint density at radius 1 is 1.18 bits per heavy atom. The van der Waals surface area contributed by atoms with Gasteiger partial charge in [0.2, 0.25) is 6.79 Å². The molecule has 0 bridgehead atoms. The lowest BCUT2D eigenvalue weighted by molar-refractivity contribution is 0.0954. The van der Waals surface area contributed by atoms with E-state index in [0.29, 0.717) is 24.1 Å². The first-order valence-electron chi connectivity index (χ1n) is 6.93. The SMILES string of the molecule is N#Cc1cccc(C(=O)NCCc2ccc3c(c2)OCO3)c1. The van der Waals surface area contributed by atoms with Crippen LogP contribution < -0.4 is 14.8 Å². The van der Waals surface area contributed by atoms with Crippen molar-refractivity contribution in [3.63, 3.8) is 0 Å². The van der Waals surface area contributed by atoms with E-state index in [1.165, 1.54) is 0 Å². The summed E-state index contributed by atoms with van der Waals surface area (Å²) in [7, 11) is 0. The third kappa shape index (κ3) is 3.01. The molecule has 5 heteroatoms. The Morgan fingerprint density at radius 2 is 2.05 bits per heavy atom. The number of ether oxygens (including phenoxy) is 2. The Morgan fingerprint density at radius 3 is 2.91 bits per heavy atom. The Kier molecular flexibility index (Phi) is 3.92. The summed E-state index contributed by atoms with van der Waals surface area (Å²) in [6, 6.07) is 14.4. The zero-order valence-electron chi connectivity index (χ0n) is 11.8. The lowest BCUT2D eigenvalue weighted by Crippen LogP contribution is -2.25. The van der Waals surface area contributed by atoms with Gasteiger partial charge in [0.15, 0.2) is 11.5 Å². The number of carbonyl (C=O) groups excluding carboxylic acids is 1. The Hall–Kier alpha value is -3.00. The van der Waals surface area contributed by atoms with Gasteiger partial charge < -0.3 is 14.8 Å². The summed E-state index contributed by atoms with van der Waals surface area (Å²) in [6.07, 6.45) is 0.695. The van der Waals surface area contributed by atoms with Crippen molar-refractivity contribution in [1.82, 2.24) is 5.32 Å². The topological polar surface area (TPSA) is 71.4 Å². The van der Waals surface area contributed by atoms with E-state index in [0.717, 1.165) is 17.1 Å². The summed E-state index contributed by atoms with van der Waals surface area (Å²) in [5, 5.41) is 11.7. The molecule has 0 radical (unpaired) electrons. The van der Waals surface area contributed by atoms with Crippen LogP contribution in [0, 0.1) is 11.3 Å². The molecule has 0 spiro atoms. The van der Waals surface area contributed by atoms with E-state index >= 15 is 0 Å². The third-order valence-electron chi connectivity index (χ3n) is 3.39. The van der Waals surface area contributed by atoms with Crippen LogP contribution in [-0.4, -0.2) is 19.2 Å². The van der Waals surface area contributed by atoms with E-state index in [1.54, 1.807) is 24.3 Å². The normalized spacial score (nSPS) is 11.8. The van der Waals surface area contributed by atoms with Crippen molar-refractivity contribution in [2.75, 3.05) is 13.3 Å². The molecule has 1 heterocycles. The van der Waals surface area contributed by atoms with Crippen LogP contribution in [0.3, 0.4) is 0 Å². The predicted octanol–water partition coefficient (Wildman–Crippen LogP) is 2.26. The maximum absolute atomic E-state index is 12.0. The number of benzene rings is 2. The van der Waals surface area contributed by atoms with Gasteiger partial charge >= 0.3 is 0 Å². The van der Waals surface area contributed by atoms with Crippen LogP contribution in [0.15, 0.2) is 42.5 Å². The van der Waals surface area contributed by atoms with Crippen LogP contribution in [0.25, 0.3) is 0 Å². The van der Waals surface area contributed by atoms with Gasteiger partial charge in [-0.3, -0.25) is 4.79 Å². The molecule has 5 nitrogen and oxygen atoms in total. The summed E-state index contributed by atoms with van der Waals surface area (Å²) in [6.45, 7) is 0.764. The zero-order chi connectivity index (χ0) is 15.4. The first-order valence-corrected chi connectivity index (χ1v) is 6.93. The lowest BCUT2D eigenvalue weighted by Gasteiger charge is -2.06. The van der Waals surface area contributed by atoms with Gasteiger partial charge in [0.1, 0.15) is 0 Å². The fraction of sp³-hybridized carbons (Fsp3) is 0.176. The minimum Gasteiger partial charge on any atom is -0.454 e. The summed E-state index contributed by atoms with van der Waals surface area (Å²) in [5.41, 5.74) is 2.03. The van der Waals surface area contributed by atoms with E-state index in [9.17, 15) is 4.79 Å². The fourth-order valence-electron chi connectivity index (χ4n) is 2.25. The van der Waals surface area contributed by atoms with E-state index in [-0.39, 0.29) is 12.7 Å². The van der Waals surface area contributed by atoms with Gasteiger partial charge in [-0.25, -0.2) is 0 Å². The van der Waals surface area contributed by atoms with Crippen molar-refractivity contribution in [1.29, 1.82) is 5.26 Å². The smallest absolute Gasteiger partial charge is 0.251 e. The molecule has 1 amide bonds. The number of nitriles is 1. The molecule has 1 aliphatic rings. The van der Waals surface area contributed by atoms with Crippen molar-refractivity contribution in [3.8, 4) is 17.6 Å². The summed E-state index contributed by atoms with van der Waals surface area (Å²) < 4.78 is 10.6. The molecule has 110 valence electrons. The van der Waals surface area contributed by atoms with Gasteiger partial charge in [-0.15, -0.1) is 0 Å². The third-order valence-corrected chi connectivity index (χ3v) is 3.39. The van der Waals surface area contributed by atoms with Crippen molar-refractivity contribution in [2.24, 2.45) is 0 Å². The van der Waals surface area contributed by atoms with Crippen LogP contribution in [0.1, 0.15) is 21.5 Å². The van der Waals surface area contributed by atoms with Crippen molar-refractivity contribution in [3.05, 3.63) is 59.2 Å². The monoisotopic (exact) mass is 294 g/mol. The highest BCUT2D eigenvalue weighted by atomic mass is 16.7. The fourth-order valence-corrected chi connectivity index (χ4v) is 2.25. The van der Waals surface area contributed by atoms with Gasteiger partial charge in [-0.05, 0) is 42.3 Å². The maximum Gasteiger partial charge on any atom is 0.251 e. The molecule has 2 aromatic carbocycles. The number of fused-ring (bicyclic) bond motifs is 1. The van der Waals surface area contributed by atoms with Crippen molar-refractivity contribution in [2.45, 2.75) is 6.42 Å². The largest absolute Gasteiger partial charge is 0.454 e. The molecule has 0 saturated carbocycles. The van der Waals surface area contributed by atoms with E-state index in [2.05, 4.69) is 5.32 Å². The number of hydrogen-bond donors (Lipinski definition) is 1. The average molecular weight is 294 g/mol. The number of hydrogen-bond acceptors (Lipinski definition) is 4. The van der Waals surface area contributed by atoms with Crippen LogP contribution in [-0.2, 0) is 6.42 Å². The molecule has 0 unspecified atom stereocenters. The van der Waals surface area contributed by atoms with E-state index < -0.39 is 0 Å². The second-order valence-electron chi connectivity index (χ2n) is 4.89. The number of carbonyl (C=O) groups is 1. The Bertz CT molecular complexity index is 750. The van der Waals surface area contributed by atoms with Crippen LogP contribution in [0.2, 0.25) is 0 Å². The Balaban J connectivity index is 1.56. The summed E-state index contributed by atoms with van der Waals surface area (Å²) in [5.74, 6) is 1.31. The second-order valence-corrected chi connectivity index (χ2v) is 4.89. The average Bonchev–Trinajstić information content (AvgIpc) is 3.02. The van der Waals surface area contributed by atoms with Crippen molar-refractivity contribution >= 4 is 5.91 Å². The molecule has 3 rings (SSSR count). The summed E-state index contributed by atoms with van der Waals surface area (Å²) >= 11 is 0. The molecule has 0 fully saturated rings. The lowest BCUT2D eigenvalue weighted by atomic mass is 10.1. The standard InChI is InChI=1S/C17H14N2O3/c18-10-13-2-1-3-14(8-13)17(20)19-7-6-12-4-5-15-16(9-12)22-11-21-15/h1-5,8-9H,6-7,11H2,(H,19,20).